The van der Waals surface area contributed by atoms with E-state index in [0.29, 0.717) is 12.5 Å². The summed E-state index contributed by atoms with van der Waals surface area (Å²) < 4.78 is 5.71. The second-order valence-electron chi connectivity index (χ2n) is 6.57. The lowest BCUT2D eigenvalue weighted by molar-refractivity contribution is -0.123. The number of pyridine rings is 1. The van der Waals surface area contributed by atoms with Crippen molar-refractivity contribution in [1.29, 1.82) is 0 Å². The molecule has 0 aliphatic rings. The highest BCUT2D eigenvalue weighted by molar-refractivity contribution is 5.81. The molecule has 0 radical (unpaired) electrons. The van der Waals surface area contributed by atoms with E-state index in [9.17, 15) is 4.79 Å². The first-order chi connectivity index (χ1) is 12.6. The van der Waals surface area contributed by atoms with Crippen molar-refractivity contribution in [3.8, 4) is 5.75 Å². The summed E-state index contributed by atoms with van der Waals surface area (Å²) in [5.74, 6) is 1.01. The maximum atomic E-state index is 12.1. The molecule has 1 heterocycles. The van der Waals surface area contributed by atoms with Crippen LogP contribution in [0.5, 0.6) is 5.75 Å². The van der Waals surface area contributed by atoms with Gasteiger partial charge in [0, 0.05) is 18.1 Å². The quantitative estimate of drug-likeness (QED) is 0.699. The van der Waals surface area contributed by atoms with Gasteiger partial charge in [0.05, 0.1) is 5.52 Å². The molecule has 0 bridgehead atoms. The van der Waals surface area contributed by atoms with Crippen molar-refractivity contribution in [2.75, 3.05) is 13.2 Å². The van der Waals surface area contributed by atoms with Gasteiger partial charge in [0.2, 0.25) is 0 Å². The lowest BCUT2D eigenvalue weighted by atomic mass is 10.0. The molecule has 2 aromatic carbocycles. The number of amides is 1. The van der Waals surface area contributed by atoms with Gasteiger partial charge in [-0.1, -0.05) is 56.3 Å². The molecule has 0 saturated carbocycles. The minimum atomic E-state index is -0.114. The largest absolute Gasteiger partial charge is 0.483 e. The van der Waals surface area contributed by atoms with Gasteiger partial charge in [-0.05, 0) is 35.6 Å². The summed E-state index contributed by atoms with van der Waals surface area (Å²) in [6, 6.07) is 17.9. The van der Waals surface area contributed by atoms with Crippen LogP contribution >= 0.6 is 0 Å². The second kappa shape index (κ2) is 8.48. The molecular formula is C22H24N2O2. The van der Waals surface area contributed by atoms with Crippen LogP contribution in [0.2, 0.25) is 0 Å². The number of nitrogens with one attached hydrogen (secondary N) is 1. The molecule has 0 aliphatic carbocycles. The first-order valence-corrected chi connectivity index (χ1v) is 8.96. The molecule has 0 aliphatic heterocycles. The normalized spacial score (nSPS) is 10.9. The predicted octanol–water partition coefficient (Wildman–Crippen LogP) is 4.10. The average Bonchev–Trinajstić information content (AvgIpc) is 2.66. The van der Waals surface area contributed by atoms with E-state index in [1.54, 1.807) is 6.20 Å². The number of fused-ring (bicyclic) bond motifs is 1. The van der Waals surface area contributed by atoms with Crippen molar-refractivity contribution < 1.29 is 9.53 Å². The van der Waals surface area contributed by atoms with Gasteiger partial charge in [-0.3, -0.25) is 9.78 Å². The third-order valence-electron chi connectivity index (χ3n) is 4.33. The number of rotatable bonds is 7. The van der Waals surface area contributed by atoms with Crippen molar-refractivity contribution in [3.05, 3.63) is 71.9 Å². The summed E-state index contributed by atoms with van der Waals surface area (Å²) >= 11 is 0. The molecule has 3 rings (SSSR count). The molecule has 1 N–H and O–H groups in total. The molecule has 134 valence electrons. The lowest BCUT2D eigenvalue weighted by Gasteiger charge is -2.13. The molecule has 0 fully saturated rings. The van der Waals surface area contributed by atoms with Gasteiger partial charge in [-0.25, -0.2) is 0 Å². The van der Waals surface area contributed by atoms with E-state index in [0.717, 1.165) is 34.2 Å². The van der Waals surface area contributed by atoms with Crippen molar-refractivity contribution >= 4 is 16.8 Å². The second-order valence-corrected chi connectivity index (χ2v) is 6.57. The van der Waals surface area contributed by atoms with Crippen molar-refractivity contribution in [2.24, 2.45) is 0 Å². The summed E-state index contributed by atoms with van der Waals surface area (Å²) in [6.45, 7) is 4.81. The molecular weight excluding hydrogens is 324 g/mol. The smallest absolute Gasteiger partial charge is 0.257 e. The van der Waals surface area contributed by atoms with E-state index < -0.39 is 0 Å². The van der Waals surface area contributed by atoms with Gasteiger partial charge in [-0.15, -0.1) is 0 Å². The van der Waals surface area contributed by atoms with Gasteiger partial charge in [0.25, 0.3) is 5.91 Å². The number of hydrogen-bond acceptors (Lipinski definition) is 3. The van der Waals surface area contributed by atoms with Crippen LogP contribution < -0.4 is 10.1 Å². The zero-order chi connectivity index (χ0) is 18.4. The van der Waals surface area contributed by atoms with Crippen LogP contribution in [0.15, 0.2) is 60.8 Å². The Morgan fingerprint density at radius 2 is 1.88 bits per heavy atom. The lowest BCUT2D eigenvalue weighted by Crippen LogP contribution is -2.30. The fourth-order valence-electron chi connectivity index (χ4n) is 2.99. The molecule has 0 atom stereocenters. The first-order valence-electron chi connectivity index (χ1n) is 8.96. The fraction of sp³-hybridized carbons (Fsp3) is 0.273. The van der Waals surface area contributed by atoms with Crippen LogP contribution in [0.25, 0.3) is 10.9 Å². The Morgan fingerprint density at radius 3 is 2.73 bits per heavy atom. The standard InChI is InChI=1S/C22H24N2O2/c1-16(2)19-10-3-4-11-20(19)26-15-21(25)23-14-12-18-8-5-7-17-9-6-13-24-22(17)18/h3-11,13,16H,12,14-15H2,1-2H3,(H,23,25). The maximum absolute atomic E-state index is 12.1. The number of aromatic nitrogens is 1. The average molecular weight is 348 g/mol. The van der Waals surface area contributed by atoms with Crippen LogP contribution in [0.1, 0.15) is 30.9 Å². The number of carbonyl (C=O) groups is 1. The Hall–Kier alpha value is -2.88. The van der Waals surface area contributed by atoms with Gasteiger partial charge in [-0.2, -0.15) is 0 Å². The molecule has 1 aromatic heterocycles. The van der Waals surface area contributed by atoms with Crippen molar-refractivity contribution in [3.63, 3.8) is 0 Å². The highest BCUT2D eigenvalue weighted by Crippen LogP contribution is 2.25. The van der Waals surface area contributed by atoms with Crippen molar-refractivity contribution in [2.45, 2.75) is 26.2 Å². The summed E-state index contributed by atoms with van der Waals surface area (Å²) in [7, 11) is 0. The number of ether oxygens (including phenoxy) is 1. The number of nitrogens with zero attached hydrogens (tertiary/aromatic N) is 1. The van der Waals surface area contributed by atoms with Crippen LogP contribution in [0.4, 0.5) is 0 Å². The van der Waals surface area contributed by atoms with E-state index in [4.69, 9.17) is 4.74 Å². The minimum Gasteiger partial charge on any atom is -0.483 e. The number of carbonyl (C=O) groups excluding carboxylic acids is 1. The third-order valence-corrected chi connectivity index (χ3v) is 4.33. The van der Waals surface area contributed by atoms with Gasteiger partial charge < -0.3 is 10.1 Å². The van der Waals surface area contributed by atoms with Crippen LogP contribution in [0.3, 0.4) is 0 Å². The number of hydrogen-bond donors (Lipinski definition) is 1. The van der Waals surface area contributed by atoms with E-state index in [1.807, 2.05) is 48.5 Å². The first kappa shape index (κ1) is 17.9. The van der Waals surface area contributed by atoms with E-state index in [-0.39, 0.29) is 12.5 Å². The molecule has 1 amide bonds. The summed E-state index contributed by atoms with van der Waals surface area (Å²) in [5, 5.41) is 4.04. The summed E-state index contributed by atoms with van der Waals surface area (Å²) in [5.41, 5.74) is 3.24. The zero-order valence-corrected chi connectivity index (χ0v) is 15.2. The SMILES string of the molecule is CC(C)c1ccccc1OCC(=O)NCCc1cccc2cccnc12. The van der Waals surface area contributed by atoms with Crippen LogP contribution in [-0.4, -0.2) is 24.0 Å². The molecule has 26 heavy (non-hydrogen) atoms. The van der Waals surface area contributed by atoms with Gasteiger partial charge in [0.15, 0.2) is 6.61 Å². The number of benzene rings is 2. The molecule has 4 nitrogen and oxygen atoms in total. The Balaban J connectivity index is 1.52. The highest BCUT2D eigenvalue weighted by atomic mass is 16.5. The van der Waals surface area contributed by atoms with E-state index in [2.05, 4.69) is 30.2 Å². The van der Waals surface area contributed by atoms with Crippen molar-refractivity contribution in [1.82, 2.24) is 10.3 Å². The molecule has 3 aromatic rings. The Morgan fingerprint density at radius 1 is 1.08 bits per heavy atom. The summed E-state index contributed by atoms with van der Waals surface area (Å²) in [4.78, 5) is 16.5. The topological polar surface area (TPSA) is 51.2 Å². The van der Waals surface area contributed by atoms with Crippen LogP contribution in [-0.2, 0) is 11.2 Å². The minimum absolute atomic E-state index is 0.0253. The Bertz CT molecular complexity index is 885. The predicted molar refractivity (Wildman–Crippen MR) is 104 cm³/mol. The zero-order valence-electron chi connectivity index (χ0n) is 15.2. The fourth-order valence-corrected chi connectivity index (χ4v) is 2.99. The summed E-state index contributed by atoms with van der Waals surface area (Å²) in [6.07, 6.45) is 2.53. The third kappa shape index (κ3) is 4.39. The molecule has 0 unspecified atom stereocenters. The van der Waals surface area contributed by atoms with Gasteiger partial charge in [0.1, 0.15) is 5.75 Å². The molecule has 0 saturated heterocycles. The Kier molecular flexibility index (Phi) is 5.84. The maximum Gasteiger partial charge on any atom is 0.257 e. The Labute approximate surface area is 154 Å². The number of para-hydroxylation sites is 2. The monoisotopic (exact) mass is 348 g/mol. The van der Waals surface area contributed by atoms with E-state index >= 15 is 0 Å². The highest BCUT2D eigenvalue weighted by Gasteiger charge is 2.09. The molecule has 4 heteroatoms. The van der Waals surface area contributed by atoms with Crippen LogP contribution in [0, 0.1) is 0 Å². The van der Waals surface area contributed by atoms with E-state index in [1.165, 1.54) is 0 Å². The van der Waals surface area contributed by atoms with Gasteiger partial charge >= 0.3 is 0 Å². The molecule has 0 spiro atoms.